The lowest BCUT2D eigenvalue weighted by Crippen LogP contribution is -2.38. The molecule has 0 aromatic carbocycles. The molecule has 1 aromatic rings. The lowest BCUT2D eigenvalue weighted by atomic mass is 10.3. The average molecular weight is 291 g/mol. The third-order valence-corrected chi connectivity index (χ3v) is 3.79. The molecule has 0 spiro atoms. The Hall–Kier alpha value is -1.52. The molecule has 21 heavy (non-hydrogen) atoms. The molecule has 1 aliphatic carbocycles. The van der Waals surface area contributed by atoms with Crippen LogP contribution in [0.3, 0.4) is 0 Å². The highest BCUT2D eigenvalue weighted by atomic mass is 15.3. The first kappa shape index (κ1) is 15.9. The third-order valence-electron chi connectivity index (χ3n) is 3.79. The predicted octanol–water partition coefficient (Wildman–Crippen LogP) is 2.25. The van der Waals surface area contributed by atoms with E-state index in [1.165, 1.54) is 25.0 Å². The number of hydrogen-bond acceptors (Lipinski definition) is 2. The molecule has 2 N–H and O–H groups in total. The van der Waals surface area contributed by atoms with E-state index in [2.05, 4.69) is 45.3 Å². The molecule has 1 aromatic heterocycles. The van der Waals surface area contributed by atoms with Gasteiger partial charge in [0.05, 0.1) is 5.69 Å². The maximum absolute atomic E-state index is 4.64. The average Bonchev–Trinajstić information content (AvgIpc) is 3.20. The standard InChI is InChI=1S/C16H29N5/c1-4-17-16(19-10-8-15-6-7-15)18-9-5-11-21-14(3)12-13(2)20-21/h12,15H,4-11H2,1-3H3,(H2,17,18,19). The van der Waals surface area contributed by atoms with Crippen LogP contribution in [0.5, 0.6) is 0 Å². The second kappa shape index (κ2) is 8.05. The number of guanidine groups is 1. The number of nitrogens with zero attached hydrogens (tertiary/aromatic N) is 3. The zero-order chi connectivity index (χ0) is 15.1. The summed E-state index contributed by atoms with van der Waals surface area (Å²) in [4.78, 5) is 4.64. The van der Waals surface area contributed by atoms with E-state index in [1.54, 1.807) is 0 Å². The van der Waals surface area contributed by atoms with Gasteiger partial charge in [-0.1, -0.05) is 12.8 Å². The van der Waals surface area contributed by atoms with Crippen molar-refractivity contribution in [3.63, 3.8) is 0 Å². The van der Waals surface area contributed by atoms with Gasteiger partial charge in [-0.3, -0.25) is 9.67 Å². The van der Waals surface area contributed by atoms with Gasteiger partial charge in [0.25, 0.3) is 0 Å². The fourth-order valence-corrected chi connectivity index (χ4v) is 2.46. The summed E-state index contributed by atoms with van der Waals surface area (Å²) in [5, 5.41) is 11.2. The lowest BCUT2D eigenvalue weighted by Gasteiger charge is -2.11. The van der Waals surface area contributed by atoms with Crippen LogP contribution in [-0.2, 0) is 6.54 Å². The van der Waals surface area contributed by atoms with Gasteiger partial charge in [-0.2, -0.15) is 5.10 Å². The summed E-state index contributed by atoms with van der Waals surface area (Å²) in [6, 6.07) is 2.12. The first-order valence-corrected chi connectivity index (χ1v) is 8.22. The smallest absolute Gasteiger partial charge is 0.191 e. The molecule has 0 amide bonds. The van der Waals surface area contributed by atoms with Crippen molar-refractivity contribution in [1.29, 1.82) is 0 Å². The van der Waals surface area contributed by atoms with Gasteiger partial charge in [0, 0.05) is 31.9 Å². The fraction of sp³-hybridized carbons (Fsp3) is 0.750. The number of hydrogen-bond donors (Lipinski definition) is 2. The van der Waals surface area contributed by atoms with Gasteiger partial charge in [0.1, 0.15) is 0 Å². The summed E-state index contributed by atoms with van der Waals surface area (Å²) in [6.45, 7) is 9.96. The van der Waals surface area contributed by atoms with E-state index in [9.17, 15) is 0 Å². The third kappa shape index (κ3) is 5.78. The molecule has 5 heteroatoms. The minimum absolute atomic E-state index is 0.830. The molecule has 0 bridgehead atoms. The molecule has 1 heterocycles. The van der Waals surface area contributed by atoms with Crippen LogP contribution >= 0.6 is 0 Å². The van der Waals surface area contributed by atoms with Crippen LogP contribution in [0.15, 0.2) is 11.1 Å². The van der Waals surface area contributed by atoms with Crippen LogP contribution < -0.4 is 10.6 Å². The van der Waals surface area contributed by atoms with Crippen molar-refractivity contribution in [2.75, 3.05) is 19.6 Å². The highest BCUT2D eigenvalue weighted by Gasteiger charge is 2.20. The summed E-state index contributed by atoms with van der Waals surface area (Å²) in [7, 11) is 0. The van der Waals surface area contributed by atoms with Crippen LogP contribution in [0, 0.1) is 19.8 Å². The highest BCUT2D eigenvalue weighted by Crippen LogP contribution is 2.31. The van der Waals surface area contributed by atoms with Crippen molar-refractivity contribution in [2.24, 2.45) is 10.9 Å². The minimum atomic E-state index is 0.830. The Morgan fingerprint density at radius 1 is 1.38 bits per heavy atom. The molecule has 118 valence electrons. The molecule has 1 saturated carbocycles. The van der Waals surface area contributed by atoms with Crippen molar-refractivity contribution in [1.82, 2.24) is 20.4 Å². The SMILES string of the molecule is CCNC(=NCCCn1nc(C)cc1C)NCCC1CC1. The number of aliphatic imine (C=N–C) groups is 1. The predicted molar refractivity (Wildman–Crippen MR) is 87.6 cm³/mol. The van der Waals surface area contributed by atoms with Crippen molar-refractivity contribution >= 4 is 5.96 Å². The number of rotatable bonds is 8. The van der Waals surface area contributed by atoms with Crippen molar-refractivity contribution in [3.8, 4) is 0 Å². The summed E-state index contributed by atoms with van der Waals surface area (Å²) < 4.78 is 2.07. The molecule has 0 saturated heterocycles. The first-order chi connectivity index (χ1) is 10.2. The summed E-state index contributed by atoms with van der Waals surface area (Å²) in [6.07, 6.45) is 5.12. The molecular weight excluding hydrogens is 262 g/mol. The Labute approximate surface area is 128 Å². The zero-order valence-corrected chi connectivity index (χ0v) is 13.7. The number of aromatic nitrogens is 2. The maximum Gasteiger partial charge on any atom is 0.191 e. The Kier molecular flexibility index (Phi) is 6.08. The lowest BCUT2D eigenvalue weighted by molar-refractivity contribution is 0.566. The molecule has 1 fully saturated rings. The minimum Gasteiger partial charge on any atom is -0.357 e. The Balaban J connectivity index is 1.69. The van der Waals surface area contributed by atoms with Crippen molar-refractivity contribution < 1.29 is 0 Å². The molecule has 5 nitrogen and oxygen atoms in total. The molecule has 1 aliphatic rings. The van der Waals surface area contributed by atoms with Gasteiger partial charge < -0.3 is 10.6 Å². The van der Waals surface area contributed by atoms with Gasteiger partial charge in [-0.25, -0.2) is 0 Å². The second-order valence-electron chi connectivity index (χ2n) is 5.92. The van der Waals surface area contributed by atoms with E-state index in [4.69, 9.17) is 0 Å². The van der Waals surface area contributed by atoms with E-state index in [0.717, 1.165) is 50.2 Å². The Bertz CT molecular complexity index is 459. The number of aryl methyl sites for hydroxylation is 3. The van der Waals surface area contributed by atoms with E-state index >= 15 is 0 Å². The van der Waals surface area contributed by atoms with Crippen LogP contribution in [-0.4, -0.2) is 35.4 Å². The van der Waals surface area contributed by atoms with Crippen LogP contribution in [0.4, 0.5) is 0 Å². The van der Waals surface area contributed by atoms with E-state index in [1.807, 2.05) is 6.92 Å². The fourth-order valence-electron chi connectivity index (χ4n) is 2.46. The monoisotopic (exact) mass is 291 g/mol. The van der Waals surface area contributed by atoms with Gasteiger partial charge >= 0.3 is 0 Å². The molecule has 0 unspecified atom stereocenters. The second-order valence-corrected chi connectivity index (χ2v) is 5.92. The first-order valence-electron chi connectivity index (χ1n) is 8.22. The topological polar surface area (TPSA) is 54.2 Å². The van der Waals surface area contributed by atoms with Crippen LogP contribution in [0.25, 0.3) is 0 Å². The quantitative estimate of drug-likeness (QED) is 0.439. The molecule has 0 aliphatic heterocycles. The van der Waals surface area contributed by atoms with Crippen LogP contribution in [0.2, 0.25) is 0 Å². The molecule has 2 rings (SSSR count). The Morgan fingerprint density at radius 3 is 2.81 bits per heavy atom. The van der Waals surface area contributed by atoms with Gasteiger partial charge in [0.15, 0.2) is 5.96 Å². The highest BCUT2D eigenvalue weighted by molar-refractivity contribution is 5.79. The van der Waals surface area contributed by atoms with Crippen molar-refractivity contribution in [2.45, 2.75) is 53.0 Å². The maximum atomic E-state index is 4.64. The van der Waals surface area contributed by atoms with E-state index in [-0.39, 0.29) is 0 Å². The number of nitrogens with one attached hydrogen (secondary N) is 2. The Morgan fingerprint density at radius 2 is 2.19 bits per heavy atom. The summed E-state index contributed by atoms with van der Waals surface area (Å²) >= 11 is 0. The van der Waals surface area contributed by atoms with Gasteiger partial charge in [0.2, 0.25) is 0 Å². The zero-order valence-electron chi connectivity index (χ0n) is 13.7. The van der Waals surface area contributed by atoms with E-state index < -0.39 is 0 Å². The largest absolute Gasteiger partial charge is 0.357 e. The van der Waals surface area contributed by atoms with E-state index in [0.29, 0.717) is 0 Å². The molecule has 0 radical (unpaired) electrons. The van der Waals surface area contributed by atoms with Crippen molar-refractivity contribution in [3.05, 3.63) is 17.5 Å². The summed E-state index contributed by atoms with van der Waals surface area (Å²) in [5.41, 5.74) is 2.32. The molecular formula is C16H29N5. The van der Waals surface area contributed by atoms with Crippen LogP contribution in [0.1, 0.15) is 44.0 Å². The summed E-state index contributed by atoms with van der Waals surface area (Å²) in [5.74, 6) is 1.91. The molecule has 0 atom stereocenters. The normalized spacial score (nSPS) is 15.3. The van der Waals surface area contributed by atoms with Gasteiger partial charge in [-0.05, 0) is 45.6 Å². The van der Waals surface area contributed by atoms with Gasteiger partial charge in [-0.15, -0.1) is 0 Å².